The van der Waals surface area contributed by atoms with Crippen LogP contribution in [0.5, 0.6) is 0 Å². The summed E-state index contributed by atoms with van der Waals surface area (Å²) in [6, 6.07) is 14.8. The van der Waals surface area contributed by atoms with Crippen molar-refractivity contribution < 1.29 is 14.4 Å². The summed E-state index contributed by atoms with van der Waals surface area (Å²) in [6.45, 7) is 4.57. The van der Waals surface area contributed by atoms with Crippen LogP contribution in [0.15, 0.2) is 48.5 Å². The van der Waals surface area contributed by atoms with Crippen molar-refractivity contribution >= 4 is 29.3 Å². The van der Waals surface area contributed by atoms with Crippen LogP contribution >= 0.6 is 11.6 Å². The molecule has 1 fully saturated rings. The first-order valence-corrected chi connectivity index (χ1v) is 9.59. The summed E-state index contributed by atoms with van der Waals surface area (Å²) in [6.07, 6.45) is 0.709. The highest BCUT2D eigenvalue weighted by Crippen LogP contribution is 2.25. The van der Waals surface area contributed by atoms with Crippen molar-refractivity contribution in [1.82, 2.24) is 10.6 Å². The Morgan fingerprint density at radius 2 is 1.89 bits per heavy atom. The Balaban J connectivity index is 1.59. The number of hydrogen-bond donors (Lipinski definition) is 2. The standard InChI is InChI=1S/C22H23ClN2O3/c1-22(2,17-4-3-5-18(23)12-17)13-24-20(27)15-8-6-14(7-9-15)10-16-11-19(26)25-21(16)28/h3-9,12,16H,10-11,13H2,1-2H3,(H,24,27)(H,25,26,28). The fourth-order valence-corrected chi connectivity index (χ4v) is 3.45. The fourth-order valence-electron chi connectivity index (χ4n) is 3.26. The first-order chi connectivity index (χ1) is 13.2. The third-order valence-electron chi connectivity index (χ3n) is 5.06. The zero-order valence-electron chi connectivity index (χ0n) is 15.9. The highest BCUT2D eigenvalue weighted by Gasteiger charge is 2.30. The lowest BCUT2D eigenvalue weighted by Crippen LogP contribution is -2.36. The van der Waals surface area contributed by atoms with Crippen molar-refractivity contribution in [2.24, 2.45) is 5.92 Å². The van der Waals surface area contributed by atoms with Gasteiger partial charge in [0.05, 0.1) is 5.92 Å². The van der Waals surface area contributed by atoms with Gasteiger partial charge in [-0.1, -0.05) is 49.7 Å². The number of hydrogen-bond acceptors (Lipinski definition) is 3. The molecule has 1 aliphatic heterocycles. The molecule has 1 saturated heterocycles. The van der Waals surface area contributed by atoms with E-state index in [4.69, 9.17) is 11.6 Å². The molecule has 6 heteroatoms. The van der Waals surface area contributed by atoms with Crippen molar-refractivity contribution in [3.63, 3.8) is 0 Å². The Labute approximate surface area is 169 Å². The summed E-state index contributed by atoms with van der Waals surface area (Å²) >= 11 is 6.07. The van der Waals surface area contributed by atoms with Crippen molar-refractivity contribution in [2.75, 3.05) is 6.54 Å². The first-order valence-electron chi connectivity index (χ1n) is 9.21. The molecular weight excluding hydrogens is 376 g/mol. The van der Waals surface area contributed by atoms with Crippen molar-refractivity contribution in [3.05, 3.63) is 70.2 Å². The molecule has 1 aliphatic rings. The van der Waals surface area contributed by atoms with Crippen LogP contribution in [0.4, 0.5) is 0 Å². The molecule has 146 valence electrons. The van der Waals surface area contributed by atoms with Gasteiger partial charge in [0.15, 0.2) is 0 Å². The lowest BCUT2D eigenvalue weighted by molar-refractivity contribution is -0.125. The predicted octanol–water partition coefficient (Wildman–Crippen LogP) is 3.25. The van der Waals surface area contributed by atoms with E-state index in [2.05, 4.69) is 24.5 Å². The van der Waals surface area contributed by atoms with Crippen LogP contribution in [0.25, 0.3) is 0 Å². The van der Waals surface area contributed by atoms with E-state index in [0.717, 1.165) is 11.1 Å². The summed E-state index contributed by atoms with van der Waals surface area (Å²) in [5.41, 5.74) is 2.27. The van der Waals surface area contributed by atoms with Crippen LogP contribution in [0.3, 0.4) is 0 Å². The highest BCUT2D eigenvalue weighted by molar-refractivity contribution is 6.30. The van der Waals surface area contributed by atoms with Crippen LogP contribution < -0.4 is 10.6 Å². The molecule has 0 spiro atoms. The molecular formula is C22H23ClN2O3. The van der Waals surface area contributed by atoms with Gasteiger partial charge in [0.25, 0.3) is 5.91 Å². The topological polar surface area (TPSA) is 75.3 Å². The van der Waals surface area contributed by atoms with Gasteiger partial charge in [0.2, 0.25) is 11.8 Å². The molecule has 0 bridgehead atoms. The van der Waals surface area contributed by atoms with Gasteiger partial charge in [-0.3, -0.25) is 19.7 Å². The summed E-state index contributed by atoms with van der Waals surface area (Å²) in [4.78, 5) is 35.5. The van der Waals surface area contributed by atoms with Gasteiger partial charge < -0.3 is 5.32 Å². The minimum absolute atomic E-state index is 0.157. The van der Waals surface area contributed by atoms with Gasteiger partial charge in [-0.15, -0.1) is 0 Å². The van der Waals surface area contributed by atoms with E-state index in [1.165, 1.54) is 0 Å². The maximum absolute atomic E-state index is 12.5. The Kier molecular flexibility index (Phi) is 5.84. The highest BCUT2D eigenvalue weighted by atomic mass is 35.5. The van der Waals surface area contributed by atoms with Crippen LogP contribution in [-0.2, 0) is 21.4 Å². The number of carbonyl (C=O) groups is 3. The summed E-state index contributed by atoms with van der Waals surface area (Å²) < 4.78 is 0. The lowest BCUT2D eigenvalue weighted by atomic mass is 9.84. The summed E-state index contributed by atoms with van der Waals surface area (Å²) in [5, 5.41) is 5.96. The minimum atomic E-state index is -0.328. The van der Waals surface area contributed by atoms with E-state index >= 15 is 0 Å². The average molecular weight is 399 g/mol. The molecule has 3 amide bonds. The van der Waals surface area contributed by atoms with Crippen molar-refractivity contribution in [3.8, 4) is 0 Å². The summed E-state index contributed by atoms with van der Waals surface area (Å²) in [5.74, 6) is -0.940. The van der Waals surface area contributed by atoms with Gasteiger partial charge in [0, 0.05) is 29.0 Å². The molecule has 1 atom stereocenters. The number of amides is 3. The third-order valence-corrected chi connectivity index (χ3v) is 5.30. The maximum Gasteiger partial charge on any atom is 0.251 e. The van der Waals surface area contributed by atoms with Crippen LogP contribution in [0, 0.1) is 5.92 Å². The van der Waals surface area contributed by atoms with E-state index in [1.807, 2.05) is 36.4 Å². The largest absolute Gasteiger partial charge is 0.351 e. The quantitative estimate of drug-likeness (QED) is 0.733. The molecule has 1 heterocycles. The SMILES string of the molecule is CC(C)(CNC(=O)c1ccc(CC2CC(=O)NC2=O)cc1)c1cccc(Cl)c1. The Hall–Kier alpha value is -2.66. The molecule has 2 aromatic rings. The predicted molar refractivity (Wildman–Crippen MR) is 108 cm³/mol. The second-order valence-electron chi connectivity index (χ2n) is 7.79. The van der Waals surface area contributed by atoms with Crippen molar-refractivity contribution in [1.29, 1.82) is 0 Å². The van der Waals surface area contributed by atoms with Gasteiger partial charge in [0.1, 0.15) is 0 Å². The summed E-state index contributed by atoms with van der Waals surface area (Å²) in [7, 11) is 0. The van der Waals surface area contributed by atoms with Gasteiger partial charge >= 0.3 is 0 Å². The zero-order chi connectivity index (χ0) is 20.3. The second kappa shape index (κ2) is 8.15. The Bertz CT molecular complexity index is 906. The van der Waals surface area contributed by atoms with Crippen LogP contribution in [-0.4, -0.2) is 24.3 Å². The molecule has 0 radical (unpaired) electrons. The number of benzene rings is 2. The smallest absolute Gasteiger partial charge is 0.251 e. The number of rotatable bonds is 6. The van der Waals surface area contributed by atoms with E-state index < -0.39 is 0 Å². The van der Waals surface area contributed by atoms with E-state index in [-0.39, 0.29) is 35.5 Å². The zero-order valence-corrected chi connectivity index (χ0v) is 16.7. The van der Waals surface area contributed by atoms with Gasteiger partial charge in [-0.25, -0.2) is 0 Å². The molecule has 0 saturated carbocycles. The number of imide groups is 1. The molecule has 0 aliphatic carbocycles. The van der Waals surface area contributed by atoms with Gasteiger partial charge in [-0.05, 0) is 41.8 Å². The molecule has 28 heavy (non-hydrogen) atoms. The maximum atomic E-state index is 12.5. The van der Waals surface area contributed by atoms with Gasteiger partial charge in [-0.2, -0.15) is 0 Å². The number of nitrogens with one attached hydrogen (secondary N) is 2. The van der Waals surface area contributed by atoms with E-state index in [0.29, 0.717) is 23.6 Å². The fraction of sp³-hybridized carbons (Fsp3) is 0.318. The number of carbonyl (C=O) groups excluding carboxylic acids is 3. The molecule has 3 rings (SSSR count). The second-order valence-corrected chi connectivity index (χ2v) is 8.23. The van der Waals surface area contributed by atoms with Crippen LogP contribution in [0.1, 0.15) is 41.8 Å². The molecule has 1 unspecified atom stereocenters. The van der Waals surface area contributed by atoms with E-state index in [1.54, 1.807) is 12.1 Å². The van der Waals surface area contributed by atoms with Crippen molar-refractivity contribution in [2.45, 2.75) is 32.1 Å². The first kappa shape index (κ1) is 20.1. The molecule has 2 aromatic carbocycles. The Morgan fingerprint density at radius 1 is 1.18 bits per heavy atom. The molecule has 5 nitrogen and oxygen atoms in total. The van der Waals surface area contributed by atoms with Crippen LogP contribution in [0.2, 0.25) is 5.02 Å². The normalized spacial score (nSPS) is 16.8. The van der Waals surface area contributed by atoms with E-state index in [9.17, 15) is 14.4 Å². The Morgan fingerprint density at radius 3 is 2.50 bits per heavy atom. The molecule has 2 N–H and O–H groups in total. The monoisotopic (exact) mass is 398 g/mol. The molecule has 0 aromatic heterocycles. The third kappa shape index (κ3) is 4.78. The lowest BCUT2D eigenvalue weighted by Gasteiger charge is -2.26. The number of halogens is 1. The average Bonchev–Trinajstić information content (AvgIpc) is 2.97. The minimum Gasteiger partial charge on any atom is -0.351 e.